The molecular weight excluding hydrogens is 210 g/mol. The summed E-state index contributed by atoms with van der Waals surface area (Å²) in [6, 6.07) is 8.65. The second-order valence-corrected chi connectivity index (χ2v) is 5.08. The van der Waals surface area contributed by atoms with Gasteiger partial charge >= 0.3 is 0 Å². The molecule has 94 valence electrons. The molecule has 1 fully saturated rings. The maximum absolute atomic E-state index is 6.10. The minimum absolute atomic E-state index is 0.0180. The van der Waals surface area contributed by atoms with E-state index in [0.29, 0.717) is 6.61 Å². The minimum atomic E-state index is 0.0180. The molecule has 0 aromatic heterocycles. The van der Waals surface area contributed by atoms with E-state index in [1.165, 1.54) is 30.4 Å². The Balaban J connectivity index is 1.78. The number of ether oxygens (including phenoxy) is 1. The number of hydrogen-bond donors (Lipinski definition) is 1. The SMILES string of the molecule is CCCc1ccc(C(N)COCC2CC2)cc1. The van der Waals surface area contributed by atoms with Crippen LogP contribution in [-0.4, -0.2) is 13.2 Å². The molecule has 0 radical (unpaired) electrons. The molecule has 0 amide bonds. The van der Waals surface area contributed by atoms with E-state index in [4.69, 9.17) is 10.5 Å². The summed E-state index contributed by atoms with van der Waals surface area (Å²) < 4.78 is 5.63. The summed E-state index contributed by atoms with van der Waals surface area (Å²) in [6.07, 6.45) is 5.01. The Hall–Kier alpha value is -0.860. The summed E-state index contributed by atoms with van der Waals surface area (Å²) in [5, 5.41) is 0. The summed E-state index contributed by atoms with van der Waals surface area (Å²) in [5.74, 6) is 0.814. The Morgan fingerprint density at radius 2 is 2.00 bits per heavy atom. The Bertz CT molecular complexity index is 329. The number of hydrogen-bond acceptors (Lipinski definition) is 2. The maximum atomic E-state index is 6.10. The maximum Gasteiger partial charge on any atom is 0.0659 e. The zero-order chi connectivity index (χ0) is 12.1. The fraction of sp³-hybridized carbons (Fsp3) is 0.600. The Morgan fingerprint density at radius 3 is 2.59 bits per heavy atom. The van der Waals surface area contributed by atoms with Gasteiger partial charge in [-0.15, -0.1) is 0 Å². The van der Waals surface area contributed by atoms with Gasteiger partial charge in [0.15, 0.2) is 0 Å². The van der Waals surface area contributed by atoms with Crippen LogP contribution in [0.4, 0.5) is 0 Å². The lowest BCUT2D eigenvalue weighted by Crippen LogP contribution is -2.17. The highest BCUT2D eigenvalue weighted by atomic mass is 16.5. The first kappa shape index (κ1) is 12.6. The van der Waals surface area contributed by atoms with Gasteiger partial charge in [-0.1, -0.05) is 37.6 Å². The topological polar surface area (TPSA) is 35.2 Å². The molecule has 1 aliphatic rings. The first-order chi connectivity index (χ1) is 8.29. The van der Waals surface area contributed by atoms with Crippen molar-refractivity contribution in [3.8, 4) is 0 Å². The monoisotopic (exact) mass is 233 g/mol. The van der Waals surface area contributed by atoms with Gasteiger partial charge in [0.05, 0.1) is 12.6 Å². The third-order valence-electron chi connectivity index (χ3n) is 3.29. The molecule has 2 N–H and O–H groups in total. The molecule has 1 unspecified atom stereocenters. The lowest BCUT2D eigenvalue weighted by Gasteiger charge is -2.13. The van der Waals surface area contributed by atoms with Gasteiger partial charge in [0.1, 0.15) is 0 Å². The summed E-state index contributed by atoms with van der Waals surface area (Å²) in [7, 11) is 0. The smallest absolute Gasteiger partial charge is 0.0659 e. The summed E-state index contributed by atoms with van der Waals surface area (Å²) in [6.45, 7) is 3.73. The summed E-state index contributed by atoms with van der Waals surface area (Å²) >= 11 is 0. The van der Waals surface area contributed by atoms with Gasteiger partial charge in [0, 0.05) is 6.61 Å². The van der Waals surface area contributed by atoms with Gasteiger partial charge < -0.3 is 10.5 Å². The van der Waals surface area contributed by atoms with Gasteiger partial charge in [-0.05, 0) is 36.3 Å². The highest BCUT2D eigenvalue weighted by Gasteiger charge is 2.21. The fourth-order valence-corrected chi connectivity index (χ4v) is 1.96. The molecule has 0 aliphatic heterocycles. The average molecular weight is 233 g/mol. The van der Waals surface area contributed by atoms with Gasteiger partial charge in [-0.2, -0.15) is 0 Å². The second-order valence-electron chi connectivity index (χ2n) is 5.08. The molecule has 17 heavy (non-hydrogen) atoms. The van der Waals surface area contributed by atoms with Crippen molar-refractivity contribution < 1.29 is 4.74 Å². The van der Waals surface area contributed by atoms with Crippen LogP contribution in [-0.2, 0) is 11.2 Å². The fourth-order valence-electron chi connectivity index (χ4n) is 1.96. The zero-order valence-electron chi connectivity index (χ0n) is 10.7. The van der Waals surface area contributed by atoms with E-state index < -0.39 is 0 Å². The molecule has 1 atom stereocenters. The number of nitrogens with two attached hydrogens (primary N) is 1. The van der Waals surface area contributed by atoms with Crippen LogP contribution in [0.1, 0.15) is 43.4 Å². The Labute approximate surface area is 104 Å². The van der Waals surface area contributed by atoms with Crippen molar-refractivity contribution in [1.82, 2.24) is 0 Å². The van der Waals surface area contributed by atoms with Crippen molar-refractivity contribution in [3.63, 3.8) is 0 Å². The van der Waals surface area contributed by atoms with E-state index in [1.54, 1.807) is 0 Å². The molecule has 1 aliphatic carbocycles. The number of benzene rings is 1. The van der Waals surface area contributed by atoms with Gasteiger partial charge in [-0.3, -0.25) is 0 Å². The first-order valence-electron chi connectivity index (χ1n) is 6.71. The zero-order valence-corrected chi connectivity index (χ0v) is 10.7. The molecule has 2 rings (SSSR count). The van der Waals surface area contributed by atoms with Gasteiger partial charge in [0.25, 0.3) is 0 Å². The Morgan fingerprint density at radius 1 is 1.29 bits per heavy atom. The molecule has 1 aromatic rings. The molecule has 2 heteroatoms. The summed E-state index contributed by atoms with van der Waals surface area (Å²) in [4.78, 5) is 0. The third kappa shape index (κ3) is 4.14. The van der Waals surface area contributed by atoms with E-state index in [1.807, 2.05) is 0 Å². The average Bonchev–Trinajstić information content (AvgIpc) is 3.14. The second kappa shape index (κ2) is 6.18. The predicted octanol–water partition coefficient (Wildman–Crippen LogP) is 3.07. The standard InChI is InChI=1S/C15H23NO/c1-2-3-12-6-8-14(9-7-12)15(16)11-17-10-13-4-5-13/h6-9,13,15H,2-5,10-11,16H2,1H3. The number of aryl methyl sites for hydroxylation is 1. The molecule has 0 saturated heterocycles. The van der Waals surface area contributed by atoms with Crippen molar-refractivity contribution in [3.05, 3.63) is 35.4 Å². The third-order valence-corrected chi connectivity index (χ3v) is 3.29. The van der Waals surface area contributed by atoms with Gasteiger partial charge in [-0.25, -0.2) is 0 Å². The van der Waals surface area contributed by atoms with E-state index in [9.17, 15) is 0 Å². The van der Waals surface area contributed by atoms with Crippen molar-refractivity contribution in [2.24, 2.45) is 11.7 Å². The van der Waals surface area contributed by atoms with E-state index >= 15 is 0 Å². The molecular formula is C15H23NO. The molecule has 2 nitrogen and oxygen atoms in total. The lowest BCUT2D eigenvalue weighted by molar-refractivity contribution is 0.112. The highest BCUT2D eigenvalue weighted by molar-refractivity contribution is 5.24. The molecule has 1 saturated carbocycles. The van der Waals surface area contributed by atoms with Crippen molar-refractivity contribution in [2.75, 3.05) is 13.2 Å². The van der Waals surface area contributed by atoms with Crippen LogP contribution in [0.15, 0.2) is 24.3 Å². The van der Waals surface area contributed by atoms with Crippen LogP contribution in [0.3, 0.4) is 0 Å². The van der Waals surface area contributed by atoms with Crippen LogP contribution in [0.5, 0.6) is 0 Å². The van der Waals surface area contributed by atoms with Crippen LogP contribution in [0.2, 0.25) is 0 Å². The van der Waals surface area contributed by atoms with Crippen molar-refractivity contribution in [1.29, 1.82) is 0 Å². The van der Waals surface area contributed by atoms with Gasteiger partial charge in [0.2, 0.25) is 0 Å². The van der Waals surface area contributed by atoms with E-state index in [0.717, 1.165) is 18.9 Å². The quantitative estimate of drug-likeness (QED) is 0.785. The van der Waals surface area contributed by atoms with Crippen LogP contribution < -0.4 is 5.73 Å². The largest absolute Gasteiger partial charge is 0.379 e. The van der Waals surface area contributed by atoms with Crippen LogP contribution in [0.25, 0.3) is 0 Å². The number of rotatable bonds is 7. The first-order valence-corrected chi connectivity index (χ1v) is 6.71. The molecule has 0 bridgehead atoms. The summed E-state index contributed by atoms with van der Waals surface area (Å²) in [5.41, 5.74) is 8.67. The Kier molecular flexibility index (Phi) is 4.57. The highest BCUT2D eigenvalue weighted by Crippen LogP contribution is 2.29. The van der Waals surface area contributed by atoms with Crippen molar-refractivity contribution >= 4 is 0 Å². The van der Waals surface area contributed by atoms with Crippen molar-refractivity contribution in [2.45, 2.75) is 38.6 Å². The lowest BCUT2D eigenvalue weighted by atomic mass is 10.0. The minimum Gasteiger partial charge on any atom is -0.379 e. The van der Waals surface area contributed by atoms with Crippen LogP contribution >= 0.6 is 0 Å². The molecule has 0 spiro atoms. The van der Waals surface area contributed by atoms with E-state index in [-0.39, 0.29) is 6.04 Å². The van der Waals surface area contributed by atoms with E-state index in [2.05, 4.69) is 31.2 Å². The molecule has 0 heterocycles. The normalized spacial score (nSPS) is 17.1. The predicted molar refractivity (Wildman–Crippen MR) is 70.9 cm³/mol. The van der Waals surface area contributed by atoms with Crippen LogP contribution in [0, 0.1) is 5.92 Å². The molecule has 1 aromatic carbocycles.